The van der Waals surface area contributed by atoms with Gasteiger partial charge in [0, 0.05) is 26.3 Å². The monoisotopic (exact) mass is 389 g/mol. The van der Waals surface area contributed by atoms with Gasteiger partial charge >= 0.3 is 0 Å². The molecule has 2 aromatic heterocycles. The van der Waals surface area contributed by atoms with Crippen LogP contribution in [0.5, 0.6) is 11.6 Å². The van der Waals surface area contributed by atoms with Gasteiger partial charge in [-0.2, -0.15) is 0 Å². The van der Waals surface area contributed by atoms with Gasteiger partial charge in [-0.15, -0.1) is 5.10 Å². The Morgan fingerprint density at radius 1 is 1.22 bits per heavy atom. The first kappa shape index (κ1) is 19.1. The molecule has 27 heavy (non-hydrogen) atoms. The first-order valence-corrected chi connectivity index (χ1v) is 9.23. The Balaban J connectivity index is 2.01. The molecule has 8 nitrogen and oxygen atoms in total. The summed E-state index contributed by atoms with van der Waals surface area (Å²) in [6, 6.07) is 5.69. The summed E-state index contributed by atoms with van der Waals surface area (Å²) in [6.45, 7) is 1.20. The normalized spacial score (nSPS) is 11.2. The second-order valence-corrected chi connectivity index (χ2v) is 7.32. The Morgan fingerprint density at radius 3 is 2.67 bits per heavy atom. The number of fused-ring (bicyclic) bond motifs is 1. The molecule has 2 heterocycles. The number of anilines is 1. The highest BCUT2D eigenvalue weighted by Crippen LogP contribution is 2.32. The number of rotatable bonds is 7. The van der Waals surface area contributed by atoms with Crippen molar-refractivity contribution in [3.8, 4) is 11.6 Å². The predicted octanol–water partition coefficient (Wildman–Crippen LogP) is 2.26. The number of benzene rings is 1. The third kappa shape index (κ3) is 4.04. The summed E-state index contributed by atoms with van der Waals surface area (Å²) in [5.74, 6) is 0.880. The van der Waals surface area contributed by atoms with Crippen LogP contribution in [0.25, 0.3) is 10.2 Å². The van der Waals surface area contributed by atoms with Gasteiger partial charge in [0.25, 0.3) is 5.91 Å². The largest absolute Gasteiger partial charge is 0.497 e. The van der Waals surface area contributed by atoms with E-state index in [0.29, 0.717) is 29.7 Å². The molecule has 144 valence electrons. The standard InChI is InChI=1S/C18H23N5O3S/c1-21(2)8-9-23(17(24)13-11-22(3)20-16(13)26-5)18-19-14-7-6-12(25-4)10-15(14)27-18/h6-7,10-11H,8-9H2,1-5H3. The number of hydrogen-bond donors (Lipinski definition) is 0. The molecule has 0 spiro atoms. The average Bonchev–Trinajstić information content (AvgIpc) is 3.23. The number of likely N-dealkylation sites (N-methyl/N-ethyl adjacent to an activating group) is 1. The minimum absolute atomic E-state index is 0.187. The first-order chi connectivity index (χ1) is 12.9. The van der Waals surface area contributed by atoms with Crippen LogP contribution in [0.3, 0.4) is 0 Å². The van der Waals surface area contributed by atoms with E-state index in [4.69, 9.17) is 9.47 Å². The minimum Gasteiger partial charge on any atom is -0.497 e. The van der Waals surface area contributed by atoms with Crippen LogP contribution in [0, 0.1) is 0 Å². The Kier molecular flexibility index (Phi) is 5.62. The van der Waals surface area contributed by atoms with Gasteiger partial charge in [0.05, 0.1) is 24.4 Å². The third-order valence-corrected chi connectivity index (χ3v) is 5.09. The Hall–Kier alpha value is -2.65. The highest BCUT2D eigenvalue weighted by Gasteiger charge is 2.26. The summed E-state index contributed by atoms with van der Waals surface area (Å²) >= 11 is 1.46. The number of aromatic nitrogens is 3. The fourth-order valence-corrected chi connectivity index (χ4v) is 3.65. The van der Waals surface area contributed by atoms with Crippen molar-refractivity contribution in [3.63, 3.8) is 0 Å². The van der Waals surface area contributed by atoms with Gasteiger partial charge in [-0.3, -0.25) is 14.4 Å². The Morgan fingerprint density at radius 2 is 2.00 bits per heavy atom. The SMILES string of the molecule is COc1ccc2nc(N(CCN(C)C)C(=O)c3cn(C)nc3OC)sc2c1. The number of nitrogens with zero attached hydrogens (tertiary/aromatic N) is 5. The van der Waals surface area contributed by atoms with Crippen molar-refractivity contribution in [1.29, 1.82) is 0 Å². The third-order valence-electron chi connectivity index (χ3n) is 4.05. The van der Waals surface area contributed by atoms with Crippen LogP contribution < -0.4 is 14.4 Å². The van der Waals surface area contributed by atoms with E-state index in [1.165, 1.54) is 18.4 Å². The zero-order valence-corrected chi connectivity index (χ0v) is 16.9. The van der Waals surface area contributed by atoms with Crippen LogP contribution in [0.1, 0.15) is 10.4 Å². The van der Waals surface area contributed by atoms with E-state index in [9.17, 15) is 4.79 Å². The number of methoxy groups -OCH3 is 2. The summed E-state index contributed by atoms with van der Waals surface area (Å²) in [6.07, 6.45) is 1.67. The maximum absolute atomic E-state index is 13.3. The maximum Gasteiger partial charge on any atom is 0.267 e. The lowest BCUT2D eigenvalue weighted by Gasteiger charge is -2.21. The first-order valence-electron chi connectivity index (χ1n) is 8.41. The van der Waals surface area contributed by atoms with E-state index in [0.717, 1.165) is 16.0 Å². The zero-order chi connectivity index (χ0) is 19.6. The molecule has 9 heteroatoms. The fourth-order valence-electron chi connectivity index (χ4n) is 2.63. The number of carbonyl (C=O) groups is 1. The summed E-state index contributed by atoms with van der Waals surface area (Å²) < 4.78 is 13.1. The van der Waals surface area contributed by atoms with Crippen molar-refractivity contribution in [3.05, 3.63) is 30.0 Å². The summed E-state index contributed by atoms with van der Waals surface area (Å²) in [7, 11) is 8.83. The number of thiazole rings is 1. The van der Waals surface area contributed by atoms with Crippen molar-refractivity contribution >= 4 is 32.6 Å². The van der Waals surface area contributed by atoms with Gasteiger partial charge < -0.3 is 14.4 Å². The van der Waals surface area contributed by atoms with E-state index in [2.05, 4.69) is 10.1 Å². The molecule has 3 aromatic rings. The average molecular weight is 389 g/mol. The topological polar surface area (TPSA) is 72.7 Å². The van der Waals surface area contributed by atoms with Gasteiger partial charge in [0.15, 0.2) is 5.13 Å². The lowest BCUT2D eigenvalue weighted by atomic mass is 10.3. The molecule has 1 aromatic carbocycles. The summed E-state index contributed by atoms with van der Waals surface area (Å²) in [5.41, 5.74) is 1.24. The van der Waals surface area contributed by atoms with E-state index < -0.39 is 0 Å². The molecule has 0 atom stereocenters. The molecule has 0 saturated heterocycles. The van der Waals surface area contributed by atoms with Gasteiger partial charge in [-0.05, 0) is 32.3 Å². The van der Waals surface area contributed by atoms with Gasteiger partial charge in [0.1, 0.15) is 11.3 Å². The van der Waals surface area contributed by atoms with Crippen molar-refractivity contribution in [2.45, 2.75) is 0 Å². The highest BCUT2D eigenvalue weighted by molar-refractivity contribution is 7.22. The summed E-state index contributed by atoms with van der Waals surface area (Å²) in [4.78, 5) is 21.6. The number of aryl methyl sites for hydroxylation is 1. The van der Waals surface area contributed by atoms with Crippen LogP contribution >= 0.6 is 11.3 Å². The van der Waals surface area contributed by atoms with Crippen LogP contribution in [0.15, 0.2) is 24.4 Å². The number of hydrogen-bond acceptors (Lipinski definition) is 7. The smallest absolute Gasteiger partial charge is 0.267 e. The Bertz CT molecular complexity index is 950. The molecular weight excluding hydrogens is 366 g/mol. The number of ether oxygens (including phenoxy) is 2. The van der Waals surface area contributed by atoms with Gasteiger partial charge in [0.2, 0.25) is 5.88 Å². The lowest BCUT2D eigenvalue weighted by molar-refractivity contribution is 0.0982. The Labute approximate surface area is 161 Å². The fraction of sp³-hybridized carbons (Fsp3) is 0.389. The zero-order valence-electron chi connectivity index (χ0n) is 16.1. The number of carbonyl (C=O) groups excluding carboxylic acids is 1. The maximum atomic E-state index is 13.3. The van der Waals surface area contributed by atoms with Crippen LogP contribution in [-0.2, 0) is 7.05 Å². The van der Waals surface area contributed by atoms with E-state index in [-0.39, 0.29) is 5.91 Å². The van der Waals surface area contributed by atoms with E-state index in [1.54, 1.807) is 29.9 Å². The molecular formula is C18H23N5O3S. The molecule has 0 saturated carbocycles. The quantitative estimate of drug-likeness (QED) is 0.617. The molecule has 0 N–H and O–H groups in total. The van der Waals surface area contributed by atoms with Crippen LogP contribution in [0.2, 0.25) is 0 Å². The molecule has 3 rings (SSSR count). The highest BCUT2D eigenvalue weighted by atomic mass is 32.1. The van der Waals surface area contributed by atoms with E-state index >= 15 is 0 Å². The van der Waals surface area contributed by atoms with Crippen molar-refractivity contribution < 1.29 is 14.3 Å². The second-order valence-electron chi connectivity index (χ2n) is 6.32. The van der Waals surface area contributed by atoms with Crippen LogP contribution in [-0.4, -0.2) is 67.0 Å². The molecule has 0 aliphatic rings. The van der Waals surface area contributed by atoms with Crippen molar-refractivity contribution in [1.82, 2.24) is 19.7 Å². The minimum atomic E-state index is -0.187. The molecule has 0 aliphatic carbocycles. The van der Waals surface area contributed by atoms with Crippen LogP contribution in [0.4, 0.5) is 5.13 Å². The predicted molar refractivity (Wildman–Crippen MR) is 106 cm³/mol. The van der Waals surface area contributed by atoms with E-state index in [1.807, 2.05) is 37.2 Å². The molecule has 1 amide bonds. The molecule has 0 unspecified atom stereocenters. The van der Waals surface area contributed by atoms with Gasteiger partial charge in [-0.25, -0.2) is 4.98 Å². The molecule has 0 aliphatic heterocycles. The molecule has 0 radical (unpaired) electrons. The van der Waals surface area contributed by atoms with Crippen molar-refractivity contribution in [2.75, 3.05) is 46.3 Å². The van der Waals surface area contributed by atoms with Gasteiger partial charge in [-0.1, -0.05) is 11.3 Å². The molecule has 0 bridgehead atoms. The lowest BCUT2D eigenvalue weighted by Crippen LogP contribution is -2.36. The summed E-state index contributed by atoms with van der Waals surface area (Å²) in [5, 5.41) is 4.83. The second kappa shape index (κ2) is 7.93. The van der Waals surface area contributed by atoms with Crippen molar-refractivity contribution in [2.24, 2.45) is 7.05 Å². The molecule has 0 fully saturated rings. The number of amides is 1.